The fourth-order valence-corrected chi connectivity index (χ4v) is 4.19. The van der Waals surface area contributed by atoms with Gasteiger partial charge in [-0.3, -0.25) is 4.21 Å². The molecule has 0 aliphatic carbocycles. The second kappa shape index (κ2) is 7.02. The van der Waals surface area contributed by atoms with Crippen molar-refractivity contribution in [3.05, 3.63) is 42.5 Å². The summed E-state index contributed by atoms with van der Waals surface area (Å²) in [5, 5.41) is 10.9. The highest BCUT2D eigenvalue weighted by Gasteiger charge is 2.32. The van der Waals surface area contributed by atoms with Crippen LogP contribution in [-0.4, -0.2) is 46.9 Å². The van der Waals surface area contributed by atoms with Crippen molar-refractivity contribution in [2.45, 2.75) is 17.9 Å². The number of fused-ring (bicyclic) bond motifs is 1. The molecule has 1 aliphatic rings. The van der Waals surface area contributed by atoms with Crippen molar-refractivity contribution in [2.75, 3.05) is 31.4 Å². The summed E-state index contributed by atoms with van der Waals surface area (Å²) in [6, 6.07) is 14.0. The number of H-pyrrole nitrogens is 1. The maximum atomic E-state index is 12.0. The number of hydrogen-bond acceptors (Lipinski definition) is 4. The minimum absolute atomic E-state index is 0.292. The van der Waals surface area contributed by atoms with Crippen LogP contribution in [0.15, 0.2) is 47.4 Å². The molecule has 2 unspecified atom stereocenters. The highest BCUT2D eigenvalue weighted by atomic mass is 32.2. The smallest absolute Gasteiger partial charge is 0.142 e. The molecule has 4 rings (SSSR count). The molecule has 6 heteroatoms. The summed E-state index contributed by atoms with van der Waals surface area (Å²) < 4.78 is 17.5. The molecular weight excluding hydrogens is 360 g/mol. The number of aliphatic hydroxyl groups is 1. The topological polar surface area (TPSA) is 65.6 Å². The van der Waals surface area contributed by atoms with Gasteiger partial charge in [-0.2, -0.15) is 0 Å². The lowest BCUT2D eigenvalue weighted by Crippen LogP contribution is -2.51. The quantitative estimate of drug-likeness (QED) is 0.708. The molecule has 2 heterocycles. The largest absolute Gasteiger partial charge is 0.495 e. The van der Waals surface area contributed by atoms with Gasteiger partial charge in [0.1, 0.15) is 5.75 Å². The van der Waals surface area contributed by atoms with E-state index < -0.39 is 10.8 Å². The third-order valence-corrected chi connectivity index (χ3v) is 6.28. The van der Waals surface area contributed by atoms with Gasteiger partial charge in [-0.15, -0.1) is 0 Å². The zero-order valence-corrected chi connectivity index (χ0v) is 16.5. The Morgan fingerprint density at radius 3 is 2.70 bits per heavy atom. The number of para-hydroxylation sites is 1. The van der Waals surface area contributed by atoms with Crippen molar-refractivity contribution < 1.29 is 14.1 Å². The summed E-state index contributed by atoms with van der Waals surface area (Å²) in [7, 11) is 0.611. The summed E-state index contributed by atoms with van der Waals surface area (Å²) in [4.78, 5) is 6.53. The number of benzene rings is 2. The van der Waals surface area contributed by atoms with Crippen LogP contribution in [-0.2, 0) is 10.8 Å². The van der Waals surface area contributed by atoms with Crippen LogP contribution < -0.4 is 9.64 Å². The van der Waals surface area contributed by atoms with Gasteiger partial charge < -0.3 is 19.7 Å². The van der Waals surface area contributed by atoms with Crippen LogP contribution in [0.2, 0.25) is 0 Å². The molecular formula is C21H24N2O3S. The summed E-state index contributed by atoms with van der Waals surface area (Å²) >= 11 is 0. The van der Waals surface area contributed by atoms with E-state index in [4.69, 9.17) is 4.74 Å². The molecule has 0 radical (unpaired) electrons. The van der Waals surface area contributed by atoms with Crippen LogP contribution in [0.4, 0.5) is 5.69 Å². The highest BCUT2D eigenvalue weighted by molar-refractivity contribution is 7.84. The first-order valence-electron chi connectivity index (χ1n) is 9.04. The number of hydrogen-bond donors (Lipinski definition) is 2. The van der Waals surface area contributed by atoms with Gasteiger partial charge in [0.05, 0.1) is 18.7 Å². The van der Waals surface area contributed by atoms with Gasteiger partial charge in [-0.1, -0.05) is 12.1 Å². The first kappa shape index (κ1) is 18.1. The van der Waals surface area contributed by atoms with Crippen LogP contribution in [0.25, 0.3) is 22.2 Å². The predicted molar refractivity (Wildman–Crippen MR) is 110 cm³/mol. The zero-order valence-electron chi connectivity index (χ0n) is 15.7. The predicted octanol–water partition coefficient (Wildman–Crippen LogP) is 3.40. The van der Waals surface area contributed by atoms with Crippen molar-refractivity contribution in [3.8, 4) is 17.0 Å². The Labute approximate surface area is 161 Å². The molecule has 1 fully saturated rings. The molecule has 3 aromatic rings. The first-order valence-corrected chi connectivity index (χ1v) is 10.6. The maximum absolute atomic E-state index is 12.0. The summed E-state index contributed by atoms with van der Waals surface area (Å²) in [6.45, 7) is 3.49. The number of anilines is 1. The van der Waals surface area contributed by atoms with E-state index in [1.165, 1.54) is 0 Å². The molecule has 5 nitrogen and oxygen atoms in total. The molecule has 142 valence electrons. The van der Waals surface area contributed by atoms with Crippen molar-refractivity contribution >= 4 is 27.4 Å². The highest BCUT2D eigenvalue weighted by Crippen LogP contribution is 2.38. The minimum Gasteiger partial charge on any atom is -0.495 e. The monoisotopic (exact) mass is 384 g/mol. The number of aromatic amines is 1. The van der Waals surface area contributed by atoms with Crippen LogP contribution in [0, 0.1) is 5.92 Å². The lowest BCUT2D eigenvalue weighted by Gasteiger charge is -2.43. The van der Waals surface area contributed by atoms with Gasteiger partial charge in [-0.25, -0.2) is 0 Å². The number of aromatic nitrogens is 1. The SMILES string of the molecule is COc1cccc2cc(-c3cc(S(C)=O)ccc3N3CC(C(C)O)C3)[nH]c12. The minimum atomic E-state index is -1.05. The van der Waals surface area contributed by atoms with E-state index in [1.54, 1.807) is 13.4 Å². The molecule has 1 aliphatic heterocycles. The molecule has 1 aromatic heterocycles. The fourth-order valence-electron chi connectivity index (χ4n) is 3.64. The molecule has 2 aromatic carbocycles. The Morgan fingerprint density at radius 2 is 2.04 bits per heavy atom. The van der Waals surface area contributed by atoms with Crippen molar-refractivity contribution in [3.63, 3.8) is 0 Å². The summed E-state index contributed by atoms with van der Waals surface area (Å²) in [5.41, 5.74) is 4.03. The van der Waals surface area contributed by atoms with Crippen molar-refractivity contribution in [2.24, 2.45) is 5.92 Å². The van der Waals surface area contributed by atoms with Gasteiger partial charge in [0.25, 0.3) is 0 Å². The summed E-state index contributed by atoms with van der Waals surface area (Å²) in [5.74, 6) is 1.09. The van der Waals surface area contributed by atoms with Crippen LogP contribution in [0.1, 0.15) is 6.92 Å². The van der Waals surface area contributed by atoms with Crippen LogP contribution in [0.5, 0.6) is 5.75 Å². The number of ether oxygens (including phenoxy) is 1. The molecule has 0 saturated carbocycles. The number of nitrogens with zero attached hydrogens (tertiary/aromatic N) is 1. The molecule has 2 atom stereocenters. The third-order valence-electron chi connectivity index (χ3n) is 5.36. The van der Waals surface area contributed by atoms with Crippen molar-refractivity contribution in [1.29, 1.82) is 0 Å². The molecule has 0 amide bonds. The van der Waals surface area contributed by atoms with Crippen molar-refractivity contribution in [1.82, 2.24) is 4.98 Å². The second-order valence-electron chi connectivity index (χ2n) is 7.15. The zero-order chi connectivity index (χ0) is 19.1. The maximum Gasteiger partial charge on any atom is 0.142 e. The molecule has 27 heavy (non-hydrogen) atoms. The van der Waals surface area contributed by atoms with Crippen LogP contribution >= 0.6 is 0 Å². The van der Waals surface area contributed by atoms with Gasteiger partial charge in [0, 0.05) is 63.3 Å². The van der Waals surface area contributed by atoms with Gasteiger partial charge in [0.15, 0.2) is 0 Å². The van der Waals surface area contributed by atoms with E-state index in [-0.39, 0.29) is 6.10 Å². The first-order chi connectivity index (χ1) is 13.0. The number of nitrogens with one attached hydrogen (secondary N) is 1. The number of rotatable bonds is 5. The molecule has 1 saturated heterocycles. The van der Waals surface area contributed by atoms with Crippen LogP contribution in [0.3, 0.4) is 0 Å². The van der Waals surface area contributed by atoms with E-state index in [0.29, 0.717) is 5.92 Å². The Balaban J connectivity index is 1.80. The van der Waals surface area contributed by atoms with E-state index in [0.717, 1.165) is 51.6 Å². The molecule has 0 spiro atoms. The fraction of sp³-hybridized carbons (Fsp3) is 0.333. The Morgan fingerprint density at radius 1 is 1.26 bits per heavy atom. The van der Waals surface area contributed by atoms with E-state index in [2.05, 4.69) is 16.0 Å². The van der Waals surface area contributed by atoms with Gasteiger partial charge in [-0.05, 0) is 37.3 Å². The van der Waals surface area contributed by atoms with E-state index in [9.17, 15) is 9.32 Å². The lowest BCUT2D eigenvalue weighted by molar-refractivity contribution is 0.107. The average molecular weight is 385 g/mol. The third kappa shape index (κ3) is 3.24. The Hall–Kier alpha value is -2.31. The lowest BCUT2D eigenvalue weighted by atomic mass is 9.93. The summed E-state index contributed by atoms with van der Waals surface area (Å²) in [6.07, 6.45) is 1.39. The Kier molecular flexibility index (Phi) is 4.70. The van der Waals surface area contributed by atoms with Gasteiger partial charge in [0.2, 0.25) is 0 Å². The normalized spacial score (nSPS) is 17.0. The molecule has 0 bridgehead atoms. The second-order valence-corrected chi connectivity index (χ2v) is 8.53. The van der Waals surface area contributed by atoms with E-state index >= 15 is 0 Å². The van der Waals surface area contributed by atoms with Gasteiger partial charge >= 0.3 is 0 Å². The molecule has 2 N–H and O–H groups in total. The number of aliphatic hydroxyl groups excluding tert-OH is 1. The van der Waals surface area contributed by atoms with E-state index in [1.807, 2.05) is 43.3 Å². The number of methoxy groups -OCH3 is 1. The average Bonchev–Trinajstić information content (AvgIpc) is 3.04. The standard InChI is InChI=1S/C21H24N2O3S/c1-13(24)15-11-23(12-15)19-8-7-16(27(3)25)10-17(19)18-9-14-5-4-6-20(26-2)21(14)22-18/h4-10,13,15,22,24H,11-12H2,1-3H3. The Bertz CT molecular complexity index is 1010.